The molecule has 1 aliphatic carbocycles. The molecule has 0 bridgehead atoms. The van der Waals surface area contributed by atoms with Crippen molar-refractivity contribution in [3.63, 3.8) is 0 Å². The van der Waals surface area contributed by atoms with Gasteiger partial charge in [0.1, 0.15) is 17.3 Å². The standard InChI is InChI=1S/C18H19N3O4/c1-3-21-16-15(17(23)20-18(21)24)14(12-8-7-9(2)25-12)13-10(19-16)5-4-6-11(13)22/h7-8,14,19H,3-6H2,1-2H3,(H,20,23,24)/t14-/m0/s1. The van der Waals surface area contributed by atoms with E-state index in [9.17, 15) is 14.4 Å². The van der Waals surface area contributed by atoms with Crippen LogP contribution in [0.15, 0.2) is 37.4 Å². The number of carbonyl (C=O) groups is 1. The van der Waals surface area contributed by atoms with Crippen molar-refractivity contribution in [2.45, 2.75) is 45.6 Å². The Morgan fingerprint density at radius 2 is 2.04 bits per heavy atom. The second-order valence-corrected chi connectivity index (χ2v) is 6.44. The Morgan fingerprint density at radius 3 is 2.72 bits per heavy atom. The van der Waals surface area contributed by atoms with Crippen molar-refractivity contribution in [2.75, 3.05) is 5.32 Å². The van der Waals surface area contributed by atoms with E-state index in [1.165, 1.54) is 4.57 Å². The maximum Gasteiger partial charge on any atom is 0.329 e. The van der Waals surface area contributed by atoms with Crippen LogP contribution in [0, 0.1) is 6.92 Å². The van der Waals surface area contributed by atoms with Crippen molar-refractivity contribution in [3.05, 3.63) is 61.3 Å². The fraction of sp³-hybridized carbons (Fsp3) is 0.389. The summed E-state index contributed by atoms with van der Waals surface area (Å²) in [5.74, 6) is 1.15. The van der Waals surface area contributed by atoms with Gasteiger partial charge in [0, 0.05) is 24.2 Å². The molecular formula is C18H19N3O4. The topological polar surface area (TPSA) is 97.1 Å². The summed E-state index contributed by atoms with van der Waals surface area (Å²) < 4.78 is 7.27. The number of aryl methyl sites for hydroxylation is 1. The highest BCUT2D eigenvalue weighted by molar-refractivity contribution is 6.00. The Balaban J connectivity index is 2.06. The molecule has 0 spiro atoms. The van der Waals surface area contributed by atoms with Gasteiger partial charge in [-0.15, -0.1) is 0 Å². The van der Waals surface area contributed by atoms with Crippen LogP contribution in [-0.4, -0.2) is 15.3 Å². The predicted molar refractivity (Wildman–Crippen MR) is 91.8 cm³/mol. The van der Waals surface area contributed by atoms with E-state index in [2.05, 4.69) is 10.3 Å². The number of H-pyrrole nitrogens is 1. The molecule has 0 radical (unpaired) electrons. The molecule has 0 aromatic carbocycles. The summed E-state index contributed by atoms with van der Waals surface area (Å²) in [6.07, 6.45) is 1.92. The van der Waals surface area contributed by atoms with Gasteiger partial charge in [0.25, 0.3) is 5.56 Å². The zero-order chi connectivity index (χ0) is 17.7. The predicted octanol–water partition coefficient (Wildman–Crippen LogP) is 2.02. The lowest BCUT2D eigenvalue weighted by Gasteiger charge is -2.33. The summed E-state index contributed by atoms with van der Waals surface area (Å²) in [7, 11) is 0. The Bertz CT molecular complexity index is 1020. The first-order chi connectivity index (χ1) is 12.0. The molecule has 0 saturated carbocycles. The molecule has 7 nitrogen and oxygen atoms in total. The Hall–Kier alpha value is -2.83. The molecule has 4 rings (SSSR count). The first-order valence-corrected chi connectivity index (χ1v) is 8.47. The van der Waals surface area contributed by atoms with Crippen LogP contribution in [0.1, 0.15) is 49.2 Å². The number of allylic oxidation sites excluding steroid dienone is 2. The third kappa shape index (κ3) is 2.30. The largest absolute Gasteiger partial charge is 0.465 e. The third-order valence-electron chi connectivity index (χ3n) is 4.90. The smallest absolute Gasteiger partial charge is 0.329 e. The van der Waals surface area contributed by atoms with Gasteiger partial charge >= 0.3 is 5.69 Å². The van der Waals surface area contributed by atoms with Crippen LogP contribution in [-0.2, 0) is 11.3 Å². The number of nitrogens with zero attached hydrogens (tertiary/aromatic N) is 1. The lowest BCUT2D eigenvalue weighted by Crippen LogP contribution is -2.39. The SMILES string of the molecule is CCn1c2c(c(=O)[nH]c1=O)[C@@H](c1ccc(C)o1)C1=C(CCCC1=O)N2. The summed E-state index contributed by atoms with van der Waals surface area (Å²) in [5, 5.41) is 3.20. The summed E-state index contributed by atoms with van der Waals surface area (Å²) in [4.78, 5) is 39.8. The maximum atomic E-state index is 12.6. The Labute approximate surface area is 143 Å². The quantitative estimate of drug-likeness (QED) is 0.871. The van der Waals surface area contributed by atoms with E-state index in [1.54, 1.807) is 6.07 Å². The average molecular weight is 341 g/mol. The van der Waals surface area contributed by atoms with E-state index in [0.717, 1.165) is 12.1 Å². The number of hydrogen-bond donors (Lipinski definition) is 2. The number of Topliss-reactive ketones (excluding diaryl/α,β-unsaturated/α-hetero) is 1. The number of anilines is 1. The number of rotatable bonds is 2. The van der Waals surface area contributed by atoms with Gasteiger partial charge < -0.3 is 9.73 Å². The van der Waals surface area contributed by atoms with E-state index >= 15 is 0 Å². The number of fused-ring (bicyclic) bond motifs is 1. The highest BCUT2D eigenvalue weighted by atomic mass is 16.3. The fourth-order valence-corrected chi connectivity index (χ4v) is 3.80. The third-order valence-corrected chi connectivity index (χ3v) is 4.90. The van der Waals surface area contributed by atoms with Crippen LogP contribution < -0.4 is 16.6 Å². The highest BCUT2D eigenvalue weighted by Gasteiger charge is 2.39. The van der Waals surface area contributed by atoms with Gasteiger partial charge in [0.05, 0.1) is 11.5 Å². The number of carbonyl (C=O) groups excluding carboxylic acids is 1. The van der Waals surface area contributed by atoms with Crippen molar-refractivity contribution >= 4 is 11.6 Å². The molecule has 130 valence electrons. The van der Waals surface area contributed by atoms with Crippen molar-refractivity contribution in [3.8, 4) is 0 Å². The van der Waals surface area contributed by atoms with Crippen LogP contribution in [0.4, 0.5) is 5.82 Å². The van der Waals surface area contributed by atoms with Gasteiger partial charge in [-0.2, -0.15) is 0 Å². The molecule has 25 heavy (non-hydrogen) atoms. The molecule has 0 saturated heterocycles. The minimum absolute atomic E-state index is 0.0205. The second-order valence-electron chi connectivity index (χ2n) is 6.44. The van der Waals surface area contributed by atoms with Gasteiger partial charge in [-0.1, -0.05) is 0 Å². The van der Waals surface area contributed by atoms with E-state index in [-0.39, 0.29) is 5.78 Å². The average Bonchev–Trinajstić information content (AvgIpc) is 3.00. The van der Waals surface area contributed by atoms with Gasteiger partial charge in [0.15, 0.2) is 5.78 Å². The number of hydrogen-bond acceptors (Lipinski definition) is 5. The highest BCUT2D eigenvalue weighted by Crippen LogP contribution is 2.43. The molecule has 2 N–H and O–H groups in total. The number of nitrogens with one attached hydrogen (secondary N) is 2. The Morgan fingerprint density at radius 1 is 1.24 bits per heavy atom. The summed E-state index contributed by atoms with van der Waals surface area (Å²) in [6, 6.07) is 3.61. The lowest BCUT2D eigenvalue weighted by atomic mass is 9.79. The van der Waals surface area contributed by atoms with E-state index in [1.807, 2.05) is 19.9 Å². The zero-order valence-electron chi connectivity index (χ0n) is 14.1. The van der Waals surface area contributed by atoms with Crippen molar-refractivity contribution in [1.82, 2.24) is 9.55 Å². The van der Waals surface area contributed by atoms with Crippen molar-refractivity contribution in [2.24, 2.45) is 0 Å². The van der Waals surface area contributed by atoms with E-state index < -0.39 is 17.2 Å². The van der Waals surface area contributed by atoms with Crippen LogP contribution in [0.25, 0.3) is 0 Å². The Kier molecular flexibility index (Phi) is 3.52. The van der Waals surface area contributed by atoms with Gasteiger partial charge in [-0.3, -0.25) is 19.1 Å². The van der Waals surface area contributed by atoms with Crippen LogP contribution in [0.2, 0.25) is 0 Å². The molecule has 2 aromatic rings. The van der Waals surface area contributed by atoms with E-state index in [0.29, 0.717) is 47.9 Å². The summed E-state index contributed by atoms with van der Waals surface area (Å²) in [6.45, 7) is 4.07. The van der Waals surface area contributed by atoms with Gasteiger partial charge in [-0.05, 0) is 38.8 Å². The molecule has 1 aliphatic heterocycles. The maximum absolute atomic E-state index is 12.6. The van der Waals surface area contributed by atoms with Crippen molar-refractivity contribution in [1.29, 1.82) is 0 Å². The molecule has 0 fully saturated rings. The van der Waals surface area contributed by atoms with E-state index in [4.69, 9.17) is 4.42 Å². The monoisotopic (exact) mass is 341 g/mol. The normalized spacial score (nSPS) is 19.4. The molecule has 0 amide bonds. The van der Waals surface area contributed by atoms with Gasteiger partial charge in [-0.25, -0.2) is 4.79 Å². The minimum atomic E-state index is -0.588. The first kappa shape index (κ1) is 15.7. The lowest BCUT2D eigenvalue weighted by molar-refractivity contribution is -0.116. The summed E-state index contributed by atoms with van der Waals surface area (Å²) in [5.41, 5.74) is 0.792. The zero-order valence-corrected chi connectivity index (χ0v) is 14.1. The number of aromatic amines is 1. The fourth-order valence-electron chi connectivity index (χ4n) is 3.80. The molecule has 3 heterocycles. The molecule has 0 unspecified atom stereocenters. The van der Waals surface area contributed by atoms with Gasteiger partial charge in [0.2, 0.25) is 0 Å². The van der Waals surface area contributed by atoms with Crippen LogP contribution in [0.5, 0.6) is 0 Å². The number of ketones is 1. The molecule has 2 aliphatic rings. The number of aromatic nitrogens is 2. The van der Waals surface area contributed by atoms with Crippen LogP contribution >= 0.6 is 0 Å². The van der Waals surface area contributed by atoms with Crippen LogP contribution in [0.3, 0.4) is 0 Å². The molecular weight excluding hydrogens is 322 g/mol. The summed E-state index contributed by atoms with van der Waals surface area (Å²) >= 11 is 0. The van der Waals surface area contributed by atoms with Crippen molar-refractivity contribution < 1.29 is 9.21 Å². The first-order valence-electron chi connectivity index (χ1n) is 8.47. The molecule has 2 aromatic heterocycles. The minimum Gasteiger partial charge on any atom is -0.465 e. The second kappa shape index (κ2) is 5.61. The number of furan rings is 1. The molecule has 7 heteroatoms. The molecule has 1 atom stereocenters.